The Balaban J connectivity index is 1.85. The highest BCUT2D eigenvalue weighted by atomic mass is 16.5. The van der Waals surface area contributed by atoms with E-state index in [2.05, 4.69) is 15.5 Å². The summed E-state index contributed by atoms with van der Waals surface area (Å²) in [6.07, 6.45) is 2.57. The third kappa shape index (κ3) is 6.79. The minimum Gasteiger partial charge on any atom is -0.493 e. The standard InChI is InChI=1S/C22H35N3O5/c1-15(2)22(27)23-13-16-7-6-9-25(14-16)10-8-20(26)24-17-11-18(28-3)21(30-5)19(12-17)29-4/h11-12,15-16H,6-10,13-14H2,1-5H3,(H,23,27)(H,24,26). The van der Waals surface area contributed by atoms with Gasteiger partial charge in [-0.1, -0.05) is 13.8 Å². The van der Waals surface area contributed by atoms with Crippen molar-refractivity contribution in [3.63, 3.8) is 0 Å². The predicted molar refractivity (Wildman–Crippen MR) is 116 cm³/mol. The monoisotopic (exact) mass is 421 g/mol. The van der Waals surface area contributed by atoms with Crippen LogP contribution in [0.15, 0.2) is 12.1 Å². The van der Waals surface area contributed by atoms with Crippen LogP contribution >= 0.6 is 0 Å². The zero-order valence-electron chi connectivity index (χ0n) is 18.7. The first-order chi connectivity index (χ1) is 14.4. The van der Waals surface area contributed by atoms with E-state index in [9.17, 15) is 9.59 Å². The van der Waals surface area contributed by atoms with Crippen molar-refractivity contribution in [1.29, 1.82) is 0 Å². The van der Waals surface area contributed by atoms with Gasteiger partial charge in [0.1, 0.15) is 0 Å². The Bertz CT molecular complexity index is 698. The first kappa shape index (κ1) is 23.8. The Morgan fingerprint density at radius 3 is 2.37 bits per heavy atom. The summed E-state index contributed by atoms with van der Waals surface area (Å²) in [6.45, 7) is 7.06. The summed E-state index contributed by atoms with van der Waals surface area (Å²) in [5.74, 6) is 1.94. The predicted octanol–water partition coefficient (Wildman–Crippen LogP) is 2.53. The number of hydrogen-bond donors (Lipinski definition) is 2. The number of benzene rings is 1. The van der Waals surface area contributed by atoms with Crippen molar-refractivity contribution in [3.8, 4) is 17.2 Å². The molecule has 168 valence electrons. The lowest BCUT2D eigenvalue weighted by Crippen LogP contribution is -2.42. The molecule has 0 radical (unpaired) electrons. The van der Waals surface area contributed by atoms with E-state index in [0.29, 0.717) is 48.4 Å². The van der Waals surface area contributed by atoms with Crippen LogP contribution < -0.4 is 24.8 Å². The highest BCUT2D eigenvalue weighted by molar-refractivity contribution is 5.91. The van der Waals surface area contributed by atoms with Gasteiger partial charge in [0.15, 0.2) is 11.5 Å². The van der Waals surface area contributed by atoms with Crippen molar-refractivity contribution in [1.82, 2.24) is 10.2 Å². The molecule has 1 fully saturated rings. The SMILES string of the molecule is COc1cc(NC(=O)CCN2CCCC(CNC(=O)C(C)C)C2)cc(OC)c1OC. The van der Waals surface area contributed by atoms with Gasteiger partial charge in [-0.05, 0) is 25.3 Å². The van der Waals surface area contributed by atoms with Crippen molar-refractivity contribution in [2.75, 3.05) is 52.8 Å². The van der Waals surface area contributed by atoms with E-state index in [1.165, 1.54) is 0 Å². The summed E-state index contributed by atoms with van der Waals surface area (Å²) in [7, 11) is 4.62. The number of nitrogens with zero attached hydrogens (tertiary/aromatic N) is 1. The Morgan fingerprint density at radius 2 is 1.80 bits per heavy atom. The number of anilines is 1. The van der Waals surface area contributed by atoms with Crippen molar-refractivity contribution in [2.45, 2.75) is 33.1 Å². The molecule has 1 saturated heterocycles. The molecule has 0 spiro atoms. The Kier molecular flexibility index (Phi) is 9.23. The number of amides is 2. The fraction of sp³-hybridized carbons (Fsp3) is 0.636. The van der Waals surface area contributed by atoms with E-state index in [-0.39, 0.29) is 17.7 Å². The molecule has 1 atom stereocenters. The molecular weight excluding hydrogens is 386 g/mol. The molecule has 1 aliphatic heterocycles. The Hall–Kier alpha value is -2.48. The van der Waals surface area contributed by atoms with E-state index < -0.39 is 0 Å². The van der Waals surface area contributed by atoms with Crippen LogP contribution in [-0.4, -0.2) is 64.2 Å². The summed E-state index contributed by atoms with van der Waals surface area (Å²) in [5, 5.41) is 5.93. The van der Waals surface area contributed by atoms with Gasteiger partial charge in [-0.25, -0.2) is 0 Å². The van der Waals surface area contributed by atoms with Crippen molar-refractivity contribution < 1.29 is 23.8 Å². The van der Waals surface area contributed by atoms with E-state index in [1.807, 2.05) is 13.8 Å². The topological polar surface area (TPSA) is 89.1 Å². The first-order valence-electron chi connectivity index (χ1n) is 10.5. The summed E-state index contributed by atoms with van der Waals surface area (Å²) in [4.78, 5) is 26.6. The second kappa shape index (κ2) is 11.6. The Labute approximate surface area is 179 Å². The van der Waals surface area contributed by atoms with Crippen LogP contribution in [0.3, 0.4) is 0 Å². The third-order valence-corrected chi connectivity index (χ3v) is 5.30. The number of nitrogens with one attached hydrogen (secondary N) is 2. The first-order valence-corrected chi connectivity index (χ1v) is 10.5. The minimum atomic E-state index is -0.0699. The van der Waals surface area contributed by atoms with Gasteiger partial charge in [0.25, 0.3) is 0 Å². The fourth-order valence-electron chi connectivity index (χ4n) is 3.61. The number of carbonyl (C=O) groups is 2. The summed E-state index contributed by atoms with van der Waals surface area (Å²) in [5.41, 5.74) is 0.599. The molecule has 2 amide bonds. The molecule has 1 aromatic rings. The maximum atomic E-state index is 12.5. The van der Waals surface area contributed by atoms with Crippen LogP contribution in [0.5, 0.6) is 17.2 Å². The molecule has 0 aliphatic carbocycles. The van der Waals surface area contributed by atoms with Gasteiger partial charge in [0.05, 0.1) is 21.3 Å². The maximum absolute atomic E-state index is 12.5. The van der Waals surface area contributed by atoms with Gasteiger partial charge < -0.3 is 29.7 Å². The molecule has 2 rings (SSSR count). The van der Waals surface area contributed by atoms with Crippen molar-refractivity contribution in [2.24, 2.45) is 11.8 Å². The number of piperidine rings is 1. The summed E-state index contributed by atoms with van der Waals surface area (Å²) < 4.78 is 16.0. The second-order valence-electron chi connectivity index (χ2n) is 7.92. The second-order valence-corrected chi connectivity index (χ2v) is 7.92. The zero-order valence-corrected chi connectivity index (χ0v) is 18.7. The molecule has 1 aliphatic rings. The number of hydrogen-bond acceptors (Lipinski definition) is 6. The third-order valence-electron chi connectivity index (χ3n) is 5.30. The zero-order chi connectivity index (χ0) is 22.1. The van der Waals surface area contributed by atoms with Crippen LogP contribution in [0.25, 0.3) is 0 Å². The van der Waals surface area contributed by atoms with Crippen LogP contribution in [0.4, 0.5) is 5.69 Å². The number of likely N-dealkylation sites (tertiary alicyclic amines) is 1. The molecule has 0 saturated carbocycles. The van der Waals surface area contributed by atoms with Crippen LogP contribution in [-0.2, 0) is 9.59 Å². The van der Waals surface area contributed by atoms with Gasteiger partial charge in [-0.15, -0.1) is 0 Å². The lowest BCUT2D eigenvalue weighted by molar-refractivity contribution is -0.124. The Morgan fingerprint density at radius 1 is 1.13 bits per heavy atom. The smallest absolute Gasteiger partial charge is 0.225 e. The van der Waals surface area contributed by atoms with Gasteiger partial charge >= 0.3 is 0 Å². The van der Waals surface area contributed by atoms with Crippen LogP contribution in [0.1, 0.15) is 33.1 Å². The quantitative estimate of drug-likeness (QED) is 0.604. The van der Waals surface area contributed by atoms with Gasteiger partial charge in [0.2, 0.25) is 17.6 Å². The fourth-order valence-corrected chi connectivity index (χ4v) is 3.61. The highest BCUT2D eigenvalue weighted by Gasteiger charge is 2.21. The largest absolute Gasteiger partial charge is 0.493 e. The molecule has 1 aromatic carbocycles. The molecule has 0 aromatic heterocycles. The van der Waals surface area contributed by atoms with Gasteiger partial charge in [0, 0.05) is 49.8 Å². The summed E-state index contributed by atoms with van der Waals surface area (Å²) >= 11 is 0. The molecule has 8 heteroatoms. The van der Waals surface area contributed by atoms with Gasteiger partial charge in [-0.2, -0.15) is 0 Å². The van der Waals surface area contributed by atoms with E-state index in [4.69, 9.17) is 14.2 Å². The highest BCUT2D eigenvalue weighted by Crippen LogP contribution is 2.39. The molecule has 8 nitrogen and oxygen atoms in total. The number of rotatable bonds is 10. The van der Waals surface area contributed by atoms with E-state index >= 15 is 0 Å². The number of methoxy groups -OCH3 is 3. The number of carbonyl (C=O) groups excluding carboxylic acids is 2. The van der Waals surface area contributed by atoms with Crippen molar-refractivity contribution >= 4 is 17.5 Å². The molecule has 1 heterocycles. The average molecular weight is 422 g/mol. The minimum absolute atomic E-state index is 0.00333. The molecular formula is C22H35N3O5. The van der Waals surface area contributed by atoms with E-state index in [0.717, 1.165) is 25.9 Å². The molecule has 30 heavy (non-hydrogen) atoms. The average Bonchev–Trinajstić information content (AvgIpc) is 2.75. The molecule has 0 bridgehead atoms. The lowest BCUT2D eigenvalue weighted by atomic mass is 9.97. The number of ether oxygens (including phenoxy) is 3. The normalized spacial score (nSPS) is 16.8. The van der Waals surface area contributed by atoms with E-state index in [1.54, 1.807) is 33.5 Å². The molecule has 2 N–H and O–H groups in total. The van der Waals surface area contributed by atoms with Crippen LogP contribution in [0.2, 0.25) is 0 Å². The van der Waals surface area contributed by atoms with Crippen molar-refractivity contribution in [3.05, 3.63) is 12.1 Å². The molecule has 1 unspecified atom stereocenters. The van der Waals surface area contributed by atoms with Gasteiger partial charge in [-0.3, -0.25) is 9.59 Å². The maximum Gasteiger partial charge on any atom is 0.225 e. The lowest BCUT2D eigenvalue weighted by Gasteiger charge is -2.32. The summed E-state index contributed by atoms with van der Waals surface area (Å²) in [6, 6.07) is 3.43. The van der Waals surface area contributed by atoms with Crippen LogP contribution in [0, 0.1) is 11.8 Å².